The number of nitrogens with two attached hydrogens (primary N) is 1. The third kappa shape index (κ3) is 5.26. The van der Waals surface area contributed by atoms with Gasteiger partial charge in [0.25, 0.3) is 5.91 Å². The van der Waals surface area contributed by atoms with Gasteiger partial charge in [-0.2, -0.15) is 0 Å². The Kier molecular flexibility index (Phi) is 6.42. The predicted octanol–water partition coefficient (Wildman–Crippen LogP) is 2.66. The fraction of sp³-hybridized carbons (Fsp3) is 0.111. The van der Waals surface area contributed by atoms with Gasteiger partial charge in [0.1, 0.15) is 15.6 Å². The van der Waals surface area contributed by atoms with Crippen LogP contribution in [0.15, 0.2) is 58.1 Å². The second kappa shape index (κ2) is 8.82. The summed E-state index contributed by atoms with van der Waals surface area (Å²) in [5.74, 6) is -1.97. The number of benzene rings is 1. The van der Waals surface area contributed by atoms with E-state index in [1.807, 2.05) is 17.5 Å². The molecule has 0 radical (unpaired) electrons. The van der Waals surface area contributed by atoms with Gasteiger partial charge in [0.05, 0.1) is 6.04 Å². The maximum absolute atomic E-state index is 13.2. The molecule has 2 aromatic heterocycles. The summed E-state index contributed by atoms with van der Waals surface area (Å²) < 4.78 is 41.1. The van der Waals surface area contributed by atoms with Crippen molar-refractivity contribution in [3.05, 3.63) is 74.4 Å². The number of ether oxygens (including phenoxy) is 1. The molecule has 11 heteroatoms. The van der Waals surface area contributed by atoms with Gasteiger partial charge in [-0.1, -0.05) is 18.2 Å². The first-order valence-electron chi connectivity index (χ1n) is 8.11. The molecule has 0 fully saturated rings. The number of amides is 1. The number of hydrogen-bond acceptors (Lipinski definition) is 7. The average Bonchev–Trinajstić information content (AvgIpc) is 3.36. The van der Waals surface area contributed by atoms with E-state index in [4.69, 9.17) is 9.88 Å². The number of nitrogens with one attached hydrogen (secondary N) is 1. The standard InChI is InChI=1S/C18H15FN2O5S3/c19-12-5-3-11(4-6-12)16(13-2-1-8-27-13)21-15(22)10-26-18(23)17-14(7-9-28-17)29(20,24)25/h1-9,16H,10H2,(H,21,22)(H2,20,24,25)/t16-/m1/s1. The Balaban J connectivity index is 1.69. The Hall–Kier alpha value is -2.60. The average molecular weight is 455 g/mol. The van der Waals surface area contributed by atoms with Gasteiger partial charge in [-0.3, -0.25) is 4.79 Å². The molecule has 3 N–H and O–H groups in total. The van der Waals surface area contributed by atoms with E-state index in [0.29, 0.717) is 5.56 Å². The lowest BCUT2D eigenvalue weighted by Gasteiger charge is -2.18. The van der Waals surface area contributed by atoms with Crippen molar-refractivity contribution in [3.63, 3.8) is 0 Å². The molecule has 0 aliphatic heterocycles. The minimum absolute atomic E-state index is 0.200. The first kappa shape index (κ1) is 21.1. The summed E-state index contributed by atoms with van der Waals surface area (Å²) in [6, 6.07) is 9.94. The van der Waals surface area contributed by atoms with Crippen LogP contribution < -0.4 is 10.5 Å². The van der Waals surface area contributed by atoms with E-state index in [1.54, 1.807) is 12.1 Å². The van der Waals surface area contributed by atoms with Crippen molar-refractivity contribution in [1.82, 2.24) is 5.32 Å². The van der Waals surface area contributed by atoms with Crippen molar-refractivity contribution in [2.75, 3.05) is 6.61 Å². The lowest BCUT2D eigenvalue weighted by Crippen LogP contribution is -2.32. The Bertz CT molecular complexity index is 1110. The molecule has 0 bridgehead atoms. The number of hydrogen-bond donors (Lipinski definition) is 2. The van der Waals surface area contributed by atoms with E-state index in [1.165, 1.54) is 34.9 Å². The van der Waals surface area contributed by atoms with E-state index >= 15 is 0 Å². The van der Waals surface area contributed by atoms with Crippen molar-refractivity contribution in [2.24, 2.45) is 5.14 Å². The molecule has 7 nitrogen and oxygen atoms in total. The largest absolute Gasteiger partial charge is 0.451 e. The number of halogens is 1. The van der Waals surface area contributed by atoms with Gasteiger partial charge < -0.3 is 10.1 Å². The molecule has 0 saturated heterocycles. The summed E-state index contributed by atoms with van der Waals surface area (Å²) in [4.78, 5) is 24.8. The van der Waals surface area contributed by atoms with Gasteiger partial charge in [0, 0.05) is 4.88 Å². The lowest BCUT2D eigenvalue weighted by molar-refractivity contribution is -0.124. The first-order chi connectivity index (χ1) is 13.8. The molecule has 2 heterocycles. The zero-order valence-electron chi connectivity index (χ0n) is 14.7. The van der Waals surface area contributed by atoms with E-state index in [9.17, 15) is 22.4 Å². The quantitative estimate of drug-likeness (QED) is 0.533. The van der Waals surface area contributed by atoms with Crippen LogP contribution in [0.4, 0.5) is 4.39 Å². The van der Waals surface area contributed by atoms with Crippen molar-refractivity contribution in [2.45, 2.75) is 10.9 Å². The topological polar surface area (TPSA) is 116 Å². The number of thiophene rings is 2. The Morgan fingerprint density at radius 1 is 1.10 bits per heavy atom. The Labute approximate surface area is 174 Å². The predicted molar refractivity (Wildman–Crippen MR) is 107 cm³/mol. The van der Waals surface area contributed by atoms with Crippen LogP contribution in [-0.2, 0) is 19.6 Å². The maximum Gasteiger partial charge on any atom is 0.350 e. The minimum atomic E-state index is -4.08. The highest BCUT2D eigenvalue weighted by molar-refractivity contribution is 7.89. The zero-order chi connectivity index (χ0) is 21.0. The van der Waals surface area contributed by atoms with Crippen LogP contribution in [0.5, 0.6) is 0 Å². The van der Waals surface area contributed by atoms with Crippen LogP contribution >= 0.6 is 22.7 Å². The van der Waals surface area contributed by atoms with Crippen molar-refractivity contribution >= 4 is 44.6 Å². The van der Waals surface area contributed by atoms with Crippen LogP contribution in [-0.4, -0.2) is 26.9 Å². The van der Waals surface area contributed by atoms with Gasteiger partial charge in [0.15, 0.2) is 6.61 Å². The lowest BCUT2D eigenvalue weighted by atomic mass is 10.1. The highest BCUT2D eigenvalue weighted by Gasteiger charge is 2.24. The molecule has 1 amide bonds. The van der Waals surface area contributed by atoms with Crippen molar-refractivity contribution in [1.29, 1.82) is 0 Å². The smallest absolute Gasteiger partial charge is 0.350 e. The first-order valence-corrected chi connectivity index (χ1v) is 11.4. The monoisotopic (exact) mass is 454 g/mol. The molecule has 0 spiro atoms. The van der Waals surface area contributed by atoms with Crippen molar-refractivity contribution in [3.8, 4) is 0 Å². The molecule has 3 rings (SSSR count). The molecular formula is C18H15FN2O5S3. The molecule has 152 valence electrons. The van der Waals surface area contributed by atoms with Gasteiger partial charge in [-0.15, -0.1) is 22.7 Å². The molecule has 1 atom stereocenters. The SMILES string of the molecule is NS(=O)(=O)c1ccsc1C(=O)OCC(=O)N[C@H](c1ccc(F)cc1)c1cccs1. The second-order valence-electron chi connectivity index (χ2n) is 5.80. The number of primary sulfonamides is 1. The van der Waals surface area contributed by atoms with E-state index in [0.717, 1.165) is 16.2 Å². The molecule has 29 heavy (non-hydrogen) atoms. The Morgan fingerprint density at radius 2 is 1.83 bits per heavy atom. The fourth-order valence-corrected chi connectivity index (χ4v) is 5.16. The molecule has 0 unspecified atom stereocenters. The molecule has 1 aromatic carbocycles. The second-order valence-corrected chi connectivity index (χ2v) is 9.23. The maximum atomic E-state index is 13.2. The number of esters is 1. The van der Waals surface area contributed by atoms with E-state index in [2.05, 4.69) is 5.32 Å². The van der Waals surface area contributed by atoms with Crippen LogP contribution in [0.2, 0.25) is 0 Å². The summed E-state index contributed by atoms with van der Waals surface area (Å²) in [5, 5.41) is 11.0. The van der Waals surface area contributed by atoms with Crippen LogP contribution in [0.25, 0.3) is 0 Å². The Morgan fingerprint density at radius 3 is 2.45 bits per heavy atom. The normalized spacial score (nSPS) is 12.3. The summed E-state index contributed by atoms with van der Waals surface area (Å²) in [5.41, 5.74) is 0.656. The molecule has 0 aliphatic rings. The molecule has 0 aliphatic carbocycles. The van der Waals surface area contributed by atoms with Gasteiger partial charge in [-0.05, 0) is 40.6 Å². The van der Waals surface area contributed by atoms with E-state index < -0.39 is 40.4 Å². The van der Waals surface area contributed by atoms with Gasteiger partial charge in [-0.25, -0.2) is 22.7 Å². The summed E-state index contributed by atoms with van der Waals surface area (Å²) in [6.07, 6.45) is 0. The van der Waals surface area contributed by atoms with Gasteiger partial charge >= 0.3 is 5.97 Å². The fourth-order valence-electron chi connectivity index (χ4n) is 2.50. The summed E-state index contributed by atoms with van der Waals surface area (Å²) in [7, 11) is -4.08. The summed E-state index contributed by atoms with van der Waals surface area (Å²) in [6.45, 7) is -0.621. The van der Waals surface area contributed by atoms with Crippen LogP contribution in [0.3, 0.4) is 0 Å². The van der Waals surface area contributed by atoms with Gasteiger partial charge in [0.2, 0.25) is 10.0 Å². The summed E-state index contributed by atoms with van der Waals surface area (Å²) >= 11 is 2.25. The number of carbonyl (C=O) groups excluding carboxylic acids is 2. The highest BCUT2D eigenvalue weighted by Crippen LogP contribution is 2.26. The third-order valence-corrected chi connectivity index (χ3v) is 6.71. The number of carbonyl (C=O) groups is 2. The zero-order valence-corrected chi connectivity index (χ0v) is 17.2. The third-order valence-electron chi connectivity index (χ3n) is 3.79. The molecule has 0 saturated carbocycles. The van der Waals surface area contributed by atoms with Crippen molar-refractivity contribution < 1.29 is 27.1 Å². The molecule has 3 aromatic rings. The van der Waals surface area contributed by atoms with E-state index in [-0.39, 0.29) is 9.77 Å². The molecular weight excluding hydrogens is 439 g/mol. The number of sulfonamides is 1. The van der Waals surface area contributed by atoms with Crippen LogP contribution in [0, 0.1) is 5.82 Å². The highest BCUT2D eigenvalue weighted by atomic mass is 32.2. The van der Waals surface area contributed by atoms with Crippen LogP contribution in [0.1, 0.15) is 26.2 Å². The minimum Gasteiger partial charge on any atom is -0.451 e. The number of rotatable bonds is 7.